The first-order chi connectivity index (χ1) is 10.1. The predicted octanol–water partition coefficient (Wildman–Crippen LogP) is 2.52. The zero-order valence-electron chi connectivity index (χ0n) is 11.9. The smallest absolute Gasteiger partial charge is 0.311 e. The van der Waals surface area contributed by atoms with E-state index in [9.17, 15) is 14.9 Å². The van der Waals surface area contributed by atoms with Crippen LogP contribution in [0.5, 0.6) is 5.75 Å². The van der Waals surface area contributed by atoms with E-state index in [-0.39, 0.29) is 23.4 Å². The number of carbonyl (C=O) groups is 1. The van der Waals surface area contributed by atoms with Gasteiger partial charge in [0.15, 0.2) is 5.75 Å². The van der Waals surface area contributed by atoms with Crippen LogP contribution in [0, 0.1) is 22.0 Å². The van der Waals surface area contributed by atoms with Gasteiger partial charge in [0.1, 0.15) is 0 Å². The fraction of sp³-hybridized carbons (Fsp3) is 0.533. The molecule has 1 amide bonds. The average Bonchev–Trinajstić information content (AvgIpc) is 3.37. The Kier molecular flexibility index (Phi) is 3.53. The number of hydrogen-bond acceptors (Lipinski definition) is 4. The molecular formula is C15H18N2O4. The molecule has 0 unspecified atom stereocenters. The number of hydrogen-bond donors (Lipinski definition) is 1. The minimum Gasteiger partial charge on any atom is -0.490 e. The molecule has 1 aromatic rings. The summed E-state index contributed by atoms with van der Waals surface area (Å²) in [5, 5.41) is 14.1. The van der Waals surface area contributed by atoms with Gasteiger partial charge in [0.05, 0.1) is 12.0 Å². The molecule has 0 spiro atoms. The van der Waals surface area contributed by atoms with Crippen molar-refractivity contribution in [3.63, 3.8) is 0 Å². The molecule has 21 heavy (non-hydrogen) atoms. The largest absolute Gasteiger partial charge is 0.490 e. The molecule has 6 heteroatoms. The highest BCUT2D eigenvalue weighted by atomic mass is 16.6. The highest BCUT2D eigenvalue weighted by molar-refractivity contribution is 5.95. The van der Waals surface area contributed by atoms with E-state index in [0.29, 0.717) is 17.4 Å². The van der Waals surface area contributed by atoms with E-state index in [4.69, 9.17) is 4.74 Å². The van der Waals surface area contributed by atoms with Crippen LogP contribution in [-0.2, 0) is 0 Å². The van der Waals surface area contributed by atoms with Crippen molar-refractivity contribution in [3.8, 4) is 5.75 Å². The Hall–Kier alpha value is -2.11. The first kappa shape index (κ1) is 13.9. The molecule has 0 aliphatic heterocycles. The van der Waals surface area contributed by atoms with Crippen molar-refractivity contribution < 1.29 is 14.5 Å². The van der Waals surface area contributed by atoms with Crippen molar-refractivity contribution in [2.75, 3.05) is 7.11 Å². The van der Waals surface area contributed by atoms with E-state index in [0.717, 1.165) is 0 Å². The second-order valence-electron chi connectivity index (χ2n) is 5.82. The summed E-state index contributed by atoms with van der Waals surface area (Å²) in [6.45, 7) is 0. The average molecular weight is 290 g/mol. The summed E-state index contributed by atoms with van der Waals surface area (Å²) in [6.07, 6.45) is 4.68. The lowest BCUT2D eigenvalue weighted by atomic mass is 10.1. The quantitative estimate of drug-likeness (QED) is 0.644. The van der Waals surface area contributed by atoms with Crippen molar-refractivity contribution in [1.29, 1.82) is 0 Å². The number of amides is 1. The molecule has 0 saturated heterocycles. The van der Waals surface area contributed by atoms with Crippen molar-refractivity contribution in [2.24, 2.45) is 11.8 Å². The summed E-state index contributed by atoms with van der Waals surface area (Å²) in [5.41, 5.74) is 0.133. The van der Waals surface area contributed by atoms with E-state index < -0.39 is 4.92 Å². The third-order valence-corrected chi connectivity index (χ3v) is 4.20. The number of carbonyl (C=O) groups excluding carboxylic acids is 1. The molecule has 0 radical (unpaired) electrons. The highest BCUT2D eigenvalue weighted by Crippen LogP contribution is 2.44. The lowest BCUT2D eigenvalue weighted by Crippen LogP contribution is -2.38. The molecular weight excluding hydrogens is 272 g/mol. The zero-order valence-corrected chi connectivity index (χ0v) is 11.9. The molecule has 0 atom stereocenters. The number of nitro groups is 1. The number of methoxy groups -OCH3 is 1. The number of rotatable bonds is 6. The minimum atomic E-state index is -0.533. The maximum absolute atomic E-state index is 12.3. The fourth-order valence-electron chi connectivity index (χ4n) is 2.74. The monoisotopic (exact) mass is 290 g/mol. The van der Waals surface area contributed by atoms with Crippen LogP contribution in [0.15, 0.2) is 18.2 Å². The molecule has 112 valence electrons. The predicted molar refractivity (Wildman–Crippen MR) is 76.4 cm³/mol. The Morgan fingerprint density at radius 2 is 1.95 bits per heavy atom. The highest BCUT2D eigenvalue weighted by Gasteiger charge is 2.42. The molecule has 2 fully saturated rings. The van der Waals surface area contributed by atoms with E-state index in [2.05, 4.69) is 5.32 Å². The molecule has 1 N–H and O–H groups in total. The summed E-state index contributed by atoms with van der Waals surface area (Å²) >= 11 is 0. The molecule has 0 aromatic heterocycles. The van der Waals surface area contributed by atoms with Crippen molar-refractivity contribution in [2.45, 2.75) is 31.7 Å². The van der Waals surface area contributed by atoms with Gasteiger partial charge in [0, 0.05) is 17.7 Å². The summed E-state index contributed by atoms with van der Waals surface area (Å²) in [4.78, 5) is 22.8. The van der Waals surface area contributed by atoms with Crippen LogP contribution in [0.2, 0.25) is 0 Å². The van der Waals surface area contributed by atoms with Crippen molar-refractivity contribution in [3.05, 3.63) is 33.9 Å². The van der Waals surface area contributed by atoms with Crippen LogP contribution in [0.1, 0.15) is 36.0 Å². The Balaban J connectivity index is 1.77. The van der Waals surface area contributed by atoms with Gasteiger partial charge in [0.25, 0.3) is 5.91 Å². The summed E-state index contributed by atoms with van der Waals surface area (Å²) in [7, 11) is 1.37. The number of nitrogens with zero attached hydrogens (tertiary/aromatic N) is 1. The molecule has 3 rings (SSSR count). The summed E-state index contributed by atoms with van der Waals surface area (Å²) < 4.78 is 4.95. The van der Waals surface area contributed by atoms with Crippen LogP contribution in [0.4, 0.5) is 5.69 Å². The van der Waals surface area contributed by atoms with Gasteiger partial charge in [-0.3, -0.25) is 14.9 Å². The second-order valence-corrected chi connectivity index (χ2v) is 5.82. The van der Waals surface area contributed by atoms with Gasteiger partial charge in [-0.05, 0) is 49.7 Å². The van der Waals surface area contributed by atoms with Gasteiger partial charge in [0.2, 0.25) is 0 Å². The topological polar surface area (TPSA) is 81.5 Å². The Morgan fingerprint density at radius 1 is 1.33 bits per heavy atom. The summed E-state index contributed by atoms with van der Waals surface area (Å²) in [6, 6.07) is 4.55. The number of ether oxygens (including phenoxy) is 1. The van der Waals surface area contributed by atoms with Crippen molar-refractivity contribution >= 4 is 11.6 Å². The Labute approximate surface area is 122 Å². The minimum absolute atomic E-state index is 0.164. The van der Waals surface area contributed by atoms with E-state index >= 15 is 0 Å². The second kappa shape index (κ2) is 5.35. The van der Waals surface area contributed by atoms with E-state index in [1.165, 1.54) is 44.9 Å². The third kappa shape index (κ3) is 2.99. The SMILES string of the molecule is COc1ccc(C(=O)NC(C2CC2)C2CC2)cc1[N+](=O)[O-]. The van der Waals surface area contributed by atoms with Gasteiger partial charge in [-0.1, -0.05) is 0 Å². The molecule has 2 aliphatic carbocycles. The van der Waals surface area contributed by atoms with Crippen molar-refractivity contribution in [1.82, 2.24) is 5.32 Å². The molecule has 6 nitrogen and oxygen atoms in total. The number of nitrogens with one attached hydrogen (secondary N) is 1. The van der Waals surface area contributed by atoms with Gasteiger partial charge < -0.3 is 10.1 Å². The van der Waals surface area contributed by atoms with E-state index in [1.807, 2.05) is 0 Å². The molecule has 0 heterocycles. The van der Waals surface area contributed by atoms with Gasteiger partial charge in [-0.2, -0.15) is 0 Å². The van der Waals surface area contributed by atoms with Crippen LogP contribution >= 0.6 is 0 Å². The maximum atomic E-state index is 12.3. The van der Waals surface area contributed by atoms with Gasteiger partial charge in [-0.25, -0.2) is 0 Å². The van der Waals surface area contributed by atoms with Crippen LogP contribution in [0.25, 0.3) is 0 Å². The van der Waals surface area contributed by atoms with E-state index in [1.54, 1.807) is 6.07 Å². The molecule has 2 saturated carbocycles. The number of benzene rings is 1. The molecule has 1 aromatic carbocycles. The standard InChI is InChI=1S/C15H18N2O4/c1-21-13-7-6-11(8-12(13)17(19)20)15(18)16-14(9-2-3-9)10-4-5-10/h6-10,14H,2-5H2,1H3,(H,16,18). The lowest BCUT2D eigenvalue weighted by molar-refractivity contribution is -0.385. The summed E-state index contributed by atoms with van der Waals surface area (Å²) in [5.74, 6) is 1.12. The Morgan fingerprint density at radius 3 is 2.43 bits per heavy atom. The van der Waals surface area contributed by atoms with Gasteiger partial charge >= 0.3 is 5.69 Å². The first-order valence-electron chi connectivity index (χ1n) is 7.23. The lowest BCUT2D eigenvalue weighted by Gasteiger charge is -2.17. The molecule has 0 bridgehead atoms. The fourth-order valence-corrected chi connectivity index (χ4v) is 2.74. The number of nitro benzene ring substituents is 1. The van der Waals surface area contributed by atoms with Crippen LogP contribution in [-0.4, -0.2) is 24.0 Å². The zero-order chi connectivity index (χ0) is 15.0. The van der Waals surface area contributed by atoms with Crippen LogP contribution < -0.4 is 10.1 Å². The van der Waals surface area contributed by atoms with Crippen LogP contribution in [0.3, 0.4) is 0 Å². The first-order valence-corrected chi connectivity index (χ1v) is 7.23. The maximum Gasteiger partial charge on any atom is 0.311 e. The normalized spacial score (nSPS) is 17.6. The van der Waals surface area contributed by atoms with Gasteiger partial charge in [-0.15, -0.1) is 0 Å². The Bertz CT molecular complexity index is 567. The third-order valence-electron chi connectivity index (χ3n) is 4.20. The molecule has 2 aliphatic rings.